The summed E-state index contributed by atoms with van der Waals surface area (Å²) in [5.74, 6) is -0.745. The number of hydrogen-bond donors (Lipinski definition) is 2. The number of aromatic nitrogens is 1. The van der Waals surface area contributed by atoms with Crippen molar-refractivity contribution in [3.63, 3.8) is 0 Å². The van der Waals surface area contributed by atoms with Crippen LogP contribution in [0.2, 0.25) is 5.02 Å². The Kier molecular flexibility index (Phi) is 4.99. The van der Waals surface area contributed by atoms with E-state index in [1.165, 1.54) is 0 Å². The maximum absolute atomic E-state index is 12.5. The van der Waals surface area contributed by atoms with Crippen molar-refractivity contribution in [2.45, 2.75) is 25.9 Å². The van der Waals surface area contributed by atoms with Crippen LogP contribution in [-0.4, -0.2) is 17.4 Å². The Morgan fingerprint density at radius 2 is 2.11 bits per heavy atom. The van der Waals surface area contributed by atoms with Crippen LogP contribution in [0.1, 0.15) is 35.8 Å². The first-order chi connectivity index (χ1) is 8.77. The number of alkyl halides is 3. The van der Waals surface area contributed by atoms with Gasteiger partial charge in [-0.25, -0.2) is 0 Å². The first kappa shape index (κ1) is 15.6. The first-order valence-electron chi connectivity index (χ1n) is 5.55. The summed E-state index contributed by atoms with van der Waals surface area (Å²) in [5.41, 5.74) is -2.91. The fourth-order valence-corrected chi connectivity index (χ4v) is 1.62. The minimum Gasteiger partial charge on any atom is -0.352 e. The molecule has 1 aromatic rings. The lowest BCUT2D eigenvalue weighted by molar-refractivity contribution is -0.141. The van der Waals surface area contributed by atoms with E-state index in [9.17, 15) is 22.8 Å². The number of hydrogen-bond acceptors (Lipinski definition) is 2. The van der Waals surface area contributed by atoms with Crippen molar-refractivity contribution in [1.82, 2.24) is 10.3 Å². The van der Waals surface area contributed by atoms with Crippen molar-refractivity contribution >= 4 is 17.5 Å². The van der Waals surface area contributed by atoms with E-state index >= 15 is 0 Å². The van der Waals surface area contributed by atoms with Gasteiger partial charge in [0.2, 0.25) is 0 Å². The number of carbonyl (C=O) groups excluding carboxylic acids is 1. The second-order valence-electron chi connectivity index (χ2n) is 3.84. The predicted octanol–water partition coefficient (Wildman–Crippen LogP) is 2.58. The van der Waals surface area contributed by atoms with E-state index in [2.05, 4.69) is 5.32 Å². The predicted molar refractivity (Wildman–Crippen MR) is 64.3 cm³/mol. The highest BCUT2D eigenvalue weighted by Crippen LogP contribution is 2.32. The van der Waals surface area contributed by atoms with Crippen LogP contribution in [0.4, 0.5) is 13.2 Å². The summed E-state index contributed by atoms with van der Waals surface area (Å²) in [5, 5.41) is 1.71. The molecule has 0 aliphatic carbocycles. The highest BCUT2D eigenvalue weighted by Gasteiger charge is 2.35. The summed E-state index contributed by atoms with van der Waals surface area (Å²) in [4.78, 5) is 24.6. The molecule has 0 aromatic carbocycles. The Morgan fingerprint density at radius 1 is 1.47 bits per heavy atom. The van der Waals surface area contributed by atoms with Gasteiger partial charge in [0.25, 0.3) is 11.5 Å². The van der Waals surface area contributed by atoms with E-state index in [0.29, 0.717) is 13.0 Å². The molecule has 19 heavy (non-hydrogen) atoms. The fraction of sp³-hybridized carbons (Fsp3) is 0.455. The number of unbranched alkanes of at least 4 members (excludes halogenated alkanes) is 1. The Labute approximate surface area is 112 Å². The van der Waals surface area contributed by atoms with Crippen molar-refractivity contribution in [2.24, 2.45) is 0 Å². The molecule has 0 fully saturated rings. The standard InChI is InChI=1S/C11H12ClF3N2O2/c1-2-3-4-16-9(18)6-5-7(12)8(11(13,14)15)17-10(6)19/h5H,2-4H2,1H3,(H,16,18)(H,17,19). The molecule has 0 saturated carbocycles. The topological polar surface area (TPSA) is 62.0 Å². The van der Waals surface area contributed by atoms with Crippen LogP contribution in [0.15, 0.2) is 10.9 Å². The van der Waals surface area contributed by atoms with Crippen molar-refractivity contribution in [1.29, 1.82) is 0 Å². The first-order valence-corrected chi connectivity index (χ1v) is 5.93. The summed E-state index contributed by atoms with van der Waals surface area (Å²) in [6, 6.07) is 0.727. The van der Waals surface area contributed by atoms with Gasteiger partial charge in [-0.05, 0) is 12.5 Å². The molecule has 1 aromatic heterocycles. The van der Waals surface area contributed by atoms with Crippen LogP contribution in [0.5, 0.6) is 0 Å². The molecule has 0 atom stereocenters. The smallest absolute Gasteiger partial charge is 0.352 e. The lowest BCUT2D eigenvalue weighted by atomic mass is 10.2. The Balaban J connectivity index is 3.03. The van der Waals surface area contributed by atoms with Gasteiger partial charge in [-0.15, -0.1) is 0 Å². The molecule has 2 N–H and O–H groups in total. The number of carbonyl (C=O) groups is 1. The lowest BCUT2D eigenvalue weighted by Gasteiger charge is -2.10. The Bertz CT molecular complexity index is 526. The molecule has 1 rings (SSSR count). The second-order valence-corrected chi connectivity index (χ2v) is 4.25. The quantitative estimate of drug-likeness (QED) is 0.839. The highest BCUT2D eigenvalue weighted by molar-refractivity contribution is 6.31. The van der Waals surface area contributed by atoms with E-state index < -0.39 is 33.9 Å². The summed E-state index contributed by atoms with van der Waals surface area (Å²) >= 11 is 5.42. The van der Waals surface area contributed by atoms with E-state index in [1.807, 2.05) is 6.92 Å². The van der Waals surface area contributed by atoms with Crippen molar-refractivity contribution < 1.29 is 18.0 Å². The van der Waals surface area contributed by atoms with Gasteiger partial charge in [0.15, 0.2) is 0 Å². The van der Waals surface area contributed by atoms with Crippen LogP contribution in [0.3, 0.4) is 0 Å². The van der Waals surface area contributed by atoms with Gasteiger partial charge >= 0.3 is 6.18 Å². The molecule has 0 aliphatic rings. The molecule has 0 aliphatic heterocycles. The number of aromatic amines is 1. The third kappa shape index (κ3) is 3.99. The zero-order valence-corrected chi connectivity index (χ0v) is 10.8. The summed E-state index contributed by atoms with van der Waals surface area (Å²) in [6.45, 7) is 2.25. The second kappa shape index (κ2) is 6.10. The van der Waals surface area contributed by atoms with E-state index in [1.54, 1.807) is 4.98 Å². The lowest BCUT2D eigenvalue weighted by Crippen LogP contribution is -2.31. The molecule has 0 spiro atoms. The van der Waals surface area contributed by atoms with E-state index in [4.69, 9.17) is 11.6 Å². The molecular weight excluding hydrogens is 285 g/mol. The molecule has 0 unspecified atom stereocenters. The fourth-order valence-electron chi connectivity index (χ4n) is 1.35. The molecule has 1 amide bonds. The third-order valence-electron chi connectivity index (χ3n) is 2.34. The normalized spacial score (nSPS) is 11.4. The Hall–Kier alpha value is -1.50. The van der Waals surface area contributed by atoms with Gasteiger partial charge < -0.3 is 10.3 Å². The molecule has 0 bridgehead atoms. The minimum atomic E-state index is -4.77. The van der Waals surface area contributed by atoms with Crippen LogP contribution >= 0.6 is 11.6 Å². The van der Waals surface area contributed by atoms with Gasteiger partial charge in [0.05, 0.1) is 5.02 Å². The molecule has 106 valence electrons. The van der Waals surface area contributed by atoms with Gasteiger partial charge in [-0.2, -0.15) is 13.2 Å². The average Bonchev–Trinajstić information content (AvgIpc) is 2.30. The molecule has 4 nitrogen and oxygen atoms in total. The van der Waals surface area contributed by atoms with Crippen molar-refractivity contribution in [3.8, 4) is 0 Å². The minimum absolute atomic E-state index is 0.341. The molecule has 8 heteroatoms. The maximum Gasteiger partial charge on any atom is 0.432 e. The molecule has 0 radical (unpaired) electrons. The molecular formula is C11H12ClF3N2O2. The van der Waals surface area contributed by atoms with E-state index in [-0.39, 0.29) is 0 Å². The van der Waals surface area contributed by atoms with Crippen LogP contribution in [-0.2, 0) is 6.18 Å². The largest absolute Gasteiger partial charge is 0.432 e. The van der Waals surface area contributed by atoms with Crippen LogP contribution < -0.4 is 10.9 Å². The van der Waals surface area contributed by atoms with Crippen LogP contribution in [0.25, 0.3) is 0 Å². The number of H-pyrrole nitrogens is 1. The van der Waals surface area contributed by atoms with Gasteiger partial charge in [-0.1, -0.05) is 24.9 Å². The number of amides is 1. The zero-order valence-electron chi connectivity index (χ0n) is 10.0. The number of nitrogens with one attached hydrogen (secondary N) is 2. The van der Waals surface area contributed by atoms with Gasteiger partial charge in [0, 0.05) is 6.54 Å². The van der Waals surface area contributed by atoms with Crippen molar-refractivity contribution in [3.05, 3.63) is 32.7 Å². The molecule has 1 heterocycles. The number of pyridine rings is 1. The summed E-state index contributed by atoms with van der Waals surface area (Å²) in [6.07, 6.45) is -3.23. The maximum atomic E-state index is 12.5. The van der Waals surface area contributed by atoms with E-state index in [0.717, 1.165) is 12.5 Å². The monoisotopic (exact) mass is 296 g/mol. The highest BCUT2D eigenvalue weighted by atomic mass is 35.5. The third-order valence-corrected chi connectivity index (χ3v) is 2.64. The summed E-state index contributed by atoms with van der Waals surface area (Å²) in [7, 11) is 0. The van der Waals surface area contributed by atoms with Gasteiger partial charge in [0.1, 0.15) is 11.3 Å². The summed E-state index contributed by atoms with van der Waals surface area (Å²) < 4.78 is 37.4. The van der Waals surface area contributed by atoms with Crippen molar-refractivity contribution in [2.75, 3.05) is 6.54 Å². The molecule has 0 saturated heterocycles. The average molecular weight is 297 g/mol. The number of rotatable bonds is 4. The van der Waals surface area contributed by atoms with Crippen LogP contribution in [0, 0.1) is 0 Å². The zero-order chi connectivity index (χ0) is 14.6. The number of halogens is 4. The Morgan fingerprint density at radius 3 is 2.63 bits per heavy atom. The SMILES string of the molecule is CCCCNC(=O)c1cc(Cl)c(C(F)(F)F)[nH]c1=O. The van der Waals surface area contributed by atoms with Gasteiger partial charge in [-0.3, -0.25) is 9.59 Å².